The molecule has 1 rings (SSSR count). The van der Waals surface area contributed by atoms with Crippen LogP contribution in [0.5, 0.6) is 11.5 Å². The Bertz CT molecular complexity index is 339. The van der Waals surface area contributed by atoms with E-state index in [9.17, 15) is 13.2 Å². The molecule has 0 aliphatic heterocycles. The maximum atomic E-state index is 11.9. The molecule has 1 N–H and O–H groups in total. The molecule has 0 fully saturated rings. The SMILES string of the molecule is OCCOc1ccccc1OCCC(F)(F)F. The van der Waals surface area contributed by atoms with Crippen LogP contribution in [-0.2, 0) is 0 Å². The number of aliphatic hydroxyl groups excluding tert-OH is 1. The second-order valence-corrected chi connectivity index (χ2v) is 3.23. The van der Waals surface area contributed by atoms with Gasteiger partial charge in [0.25, 0.3) is 0 Å². The molecule has 0 atom stereocenters. The van der Waals surface area contributed by atoms with E-state index < -0.39 is 19.2 Å². The highest BCUT2D eigenvalue weighted by Gasteiger charge is 2.27. The van der Waals surface area contributed by atoms with Gasteiger partial charge in [0.05, 0.1) is 19.6 Å². The fraction of sp³-hybridized carbons (Fsp3) is 0.455. The van der Waals surface area contributed by atoms with Crippen molar-refractivity contribution in [2.75, 3.05) is 19.8 Å². The Hall–Kier alpha value is -1.43. The lowest BCUT2D eigenvalue weighted by molar-refractivity contribution is -0.139. The van der Waals surface area contributed by atoms with Crippen molar-refractivity contribution in [2.24, 2.45) is 0 Å². The number of alkyl halides is 3. The number of aliphatic hydroxyl groups is 1. The first-order valence-electron chi connectivity index (χ1n) is 5.05. The van der Waals surface area contributed by atoms with Gasteiger partial charge < -0.3 is 14.6 Å². The highest BCUT2D eigenvalue weighted by molar-refractivity contribution is 5.39. The standard InChI is InChI=1S/C11H13F3O3/c12-11(13,14)5-7-16-9-3-1-2-4-10(9)17-8-6-15/h1-4,15H,5-8H2. The molecular weight excluding hydrogens is 237 g/mol. The summed E-state index contributed by atoms with van der Waals surface area (Å²) in [5.74, 6) is 0.564. The molecule has 0 unspecified atom stereocenters. The van der Waals surface area contributed by atoms with Crippen LogP contribution >= 0.6 is 0 Å². The third-order valence-corrected chi connectivity index (χ3v) is 1.84. The van der Waals surface area contributed by atoms with Gasteiger partial charge in [-0.2, -0.15) is 13.2 Å². The lowest BCUT2D eigenvalue weighted by atomic mass is 10.3. The Kier molecular flexibility index (Phi) is 5.09. The summed E-state index contributed by atoms with van der Waals surface area (Å²) < 4.78 is 45.8. The minimum absolute atomic E-state index is 0.0691. The van der Waals surface area contributed by atoms with Crippen LogP contribution in [0.4, 0.5) is 13.2 Å². The van der Waals surface area contributed by atoms with Gasteiger partial charge in [0.15, 0.2) is 11.5 Å². The molecule has 0 saturated carbocycles. The molecule has 0 aliphatic rings. The smallest absolute Gasteiger partial charge is 0.392 e. The van der Waals surface area contributed by atoms with Crippen molar-refractivity contribution in [1.29, 1.82) is 0 Å². The fourth-order valence-electron chi connectivity index (χ4n) is 1.12. The highest BCUT2D eigenvalue weighted by atomic mass is 19.4. The van der Waals surface area contributed by atoms with E-state index in [4.69, 9.17) is 14.6 Å². The summed E-state index contributed by atoms with van der Waals surface area (Å²) in [7, 11) is 0. The second kappa shape index (κ2) is 6.34. The summed E-state index contributed by atoms with van der Waals surface area (Å²) in [5.41, 5.74) is 0. The van der Waals surface area contributed by atoms with E-state index in [0.717, 1.165) is 0 Å². The Morgan fingerprint density at radius 2 is 1.53 bits per heavy atom. The van der Waals surface area contributed by atoms with Gasteiger partial charge in [-0.25, -0.2) is 0 Å². The third kappa shape index (κ3) is 5.44. The largest absolute Gasteiger partial charge is 0.489 e. The molecule has 1 aromatic rings. The van der Waals surface area contributed by atoms with E-state index in [-0.39, 0.29) is 19.0 Å². The molecule has 0 bridgehead atoms. The monoisotopic (exact) mass is 250 g/mol. The minimum Gasteiger partial charge on any atom is -0.489 e. The first kappa shape index (κ1) is 13.6. The molecule has 0 saturated heterocycles. The first-order valence-corrected chi connectivity index (χ1v) is 5.05. The Morgan fingerprint density at radius 3 is 2.00 bits per heavy atom. The Balaban J connectivity index is 2.51. The van der Waals surface area contributed by atoms with Crippen LogP contribution in [0.25, 0.3) is 0 Å². The summed E-state index contributed by atoms with van der Waals surface area (Å²) in [6.07, 6.45) is -5.25. The molecule has 0 aliphatic carbocycles. The van der Waals surface area contributed by atoms with Crippen molar-refractivity contribution < 1.29 is 27.8 Å². The number of halogens is 3. The first-order chi connectivity index (χ1) is 8.03. The van der Waals surface area contributed by atoms with E-state index in [1.54, 1.807) is 18.2 Å². The van der Waals surface area contributed by atoms with Crippen LogP contribution in [0.15, 0.2) is 24.3 Å². The number of benzene rings is 1. The van der Waals surface area contributed by atoms with Crippen LogP contribution in [0.1, 0.15) is 6.42 Å². The van der Waals surface area contributed by atoms with Crippen molar-refractivity contribution in [2.45, 2.75) is 12.6 Å². The van der Waals surface area contributed by atoms with Crippen LogP contribution < -0.4 is 9.47 Å². The van der Waals surface area contributed by atoms with Gasteiger partial charge in [-0.05, 0) is 12.1 Å². The van der Waals surface area contributed by atoms with Crippen LogP contribution in [0.2, 0.25) is 0 Å². The van der Waals surface area contributed by atoms with Gasteiger partial charge in [-0.3, -0.25) is 0 Å². The van der Waals surface area contributed by atoms with Gasteiger partial charge in [-0.15, -0.1) is 0 Å². The number of ether oxygens (including phenoxy) is 2. The molecule has 6 heteroatoms. The zero-order valence-electron chi connectivity index (χ0n) is 9.04. The van der Waals surface area contributed by atoms with Gasteiger partial charge in [0.2, 0.25) is 0 Å². The quantitative estimate of drug-likeness (QED) is 0.842. The summed E-state index contributed by atoms with van der Waals surface area (Å²) in [5, 5.41) is 8.59. The van der Waals surface area contributed by atoms with Crippen LogP contribution in [-0.4, -0.2) is 31.1 Å². The predicted octanol–water partition coefficient (Wildman–Crippen LogP) is 2.39. The lowest BCUT2D eigenvalue weighted by Crippen LogP contribution is -2.13. The molecule has 1 aromatic carbocycles. The maximum absolute atomic E-state index is 11.9. The van der Waals surface area contributed by atoms with E-state index >= 15 is 0 Å². The molecule has 0 heterocycles. The molecule has 0 amide bonds. The van der Waals surface area contributed by atoms with Crippen molar-refractivity contribution in [3.05, 3.63) is 24.3 Å². The molecular formula is C11H13F3O3. The van der Waals surface area contributed by atoms with E-state index in [2.05, 4.69) is 0 Å². The van der Waals surface area contributed by atoms with Gasteiger partial charge >= 0.3 is 6.18 Å². The molecule has 0 spiro atoms. The average Bonchev–Trinajstić information content (AvgIpc) is 2.26. The molecule has 96 valence electrons. The van der Waals surface area contributed by atoms with Crippen LogP contribution in [0.3, 0.4) is 0 Å². The summed E-state index contributed by atoms with van der Waals surface area (Å²) in [6.45, 7) is -0.556. The van der Waals surface area contributed by atoms with E-state index in [1.165, 1.54) is 6.07 Å². The van der Waals surface area contributed by atoms with Gasteiger partial charge in [0.1, 0.15) is 6.61 Å². The molecule has 0 radical (unpaired) electrons. The maximum Gasteiger partial charge on any atom is 0.392 e. The second-order valence-electron chi connectivity index (χ2n) is 3.23. The average molecular weight is 250 g/mol. The lowest BCUT2D eigenvalue weighted by Gasteiger charge is -2.12. The number of para-hydroxylation sites is 2. The zero-order valence-corrected chi connectivity index (χ0v) is 9.04. The summed E-state index contributed by atoms with van der Waals surface area (Å²) in [4.78, 5) is 0. The predicted molar refractivity (Wildman–Crippen MR) is 55.2 cm³/mol. The number of rotatable bonds is 6. The third-order valence-electron chi connectivity index (χ3n) is 1.84. The number of hydrogen-bond acceptors (Lipinski definition) is 3. The van der Waals surface area contributed by atoms with E-state index in [0.29, 0.717) is 5.75 Å². The highest BCUT2D eigenvalue weighted by Crippen LogP contribution is 2.27. The molecule has 0 aromatic heterocycles. The summed E-state index contributed by atoms with van der Waals surface area (Å²) in [6, 6.07) is 6.39. The summed E-state index contributed by atoms with van der Waals surface area (Å²) >= 11 is 0. The van der Waals surface area contributed by atoms with Crippen LogP contribution in [0, 0.1) is 0 Å². The minimum atomic E-state index is -4.24. The zero-order chi connectivity index (χ0) is 12.7. The Morgan fingerprint density at radius 1 is 1.00 bits per heavy atom. The molecule has 17 heavy (non-hydrogen) atoms. The van der Waals surface area contributed by atoms with E-state index in [1.807, 2.05) is 0 Å². The van der Waals surface area contributed by atoms with Gasteiger partial charge in [-0.1, -0.05) is 12.1 Å². The Labute approximate surface area is 96.8 Å². The van der Waals surface area contributed by atoms with Crippen molar-refractivity contribution in [3.8, 4) is 11.5 Å². The van der Waals surface area contributed by atoms with Crippen molar-refractivity contribution >= 4 is 0 Å². The number of hydrogen-bond donors (Lipinski definition) is 1. The normalized spacial score (nSPS) is 11.3. The van der Waals surface area contributed by atoms with Crippen molar-refractivity contribution in [3.63, 3.8) is 0 Å². The topological polar surface area (TPSA) is 38.7 Å². The van der Waals surface area contributed by atoms with Gasteiger partial charge in [0, 0.05) is 0 Å². The molecule has 3 nitrogen and oxygen atoms in total. The van der Waals surface area contributed by atoms with Crippen molar-refractivity contribution in [1.82, 2.24) is 0 Å². The fourth-order valence-corrected chi connectivity index (χ4v) is 1.12.